The van der Waals surface area contributed by atoms with Gasteiger partial charge in [-0.2, -0.15) is 0 Å². The van der Waals surface area contributed by atoms with Gasteiger partial charge in [0.25, 0.3) is 0 Å². The van der Waals surface area contributed by atoms with Crippen LogP contribution in [-0.2, 0) is 0 Å². The van der Waals surface area contributed by atoms with E-state index in [1.165, 1.54) is 9.80 Å². The van der Waals surface area contributed by atoms with E-state index in [1.54, 1.807) is 0 Å². The Kier molecular flexibility index (Phi) is 9.65. The summed E-state index contributed by atoms with van der Waals surface area (Å²) in [6.07, 6.45) is 0. The van der Waals surface area contributed by atoms with Crippen molar-refractivity contribution in [3.8, 4) is 11.8 Å². The summed E-state index contributed by atoms with van der Waals surface area (Å²) in [5, 5.41) is 0. The van der Waals surface area contributed by atoms with Gasteiger partial charge in [-0.3, -0.25) is 0 Å². The molecule has 2 N–H and O–H groups in total. The molecule has 0 aromatic heterocycles. The first-order chi connectivity index (χ1) is 6.70. The van der Waals surface area contributed by atoms with Crippen LogP contribution in [0.2, 0.25) is 0 Å². The third-order valence-corrected chi connectivity index (χ3v) is 2.18. The summed E-state index contributed by atoms with van der Waals surface area (Å²) < 4.78 is 0. The first-order valence-corrected chi connectivity index (χ1v) is 5.97. The highest BCUT2D eigenvalue weighted by molar-refractivity contribution is 6.18. The zero-order valence-electron chi connectivity index (χ0n) is 9.00. The monoisotopic (exact) mass is 238 g/mol. The largest absolute Gasteiger partial charge is 0.330 e. The van der Waals surface area contributed by atoms with E-state index in [-0.39, 0.29) is 0 Å². The van der Waals surface area contributed by atoms with Crippen LogP contribution < -0.4 is 9.80 Å². The molecular formula is C10H20Cl2N2+2. The van der Waals surface area contributed by atoms with E-state index in [1.807, 2.05) is 0 Å². The number of alkyl halides is 2. The van der Waals surface area contributed by atoms with Gasteiger partial charge in [0.05, 0.1) is 38.9 Å². The Morgan fingerprint density at radius 3 is 1.86 bits per heavy atom. The standard InChI is InChI=1S/C10H18Cl2N2/c1-13(2)7-3-4-8-14(9-5-11)10-6-12/h5-10H2,1-2H3/p+2. The van der Waals surface area contributed by atoms with Crippen LogP contribution in [0.1, 0.15) is 0 Å². The average molecular weight is 239 g/mol. The van der Waals surface area contributed by atoms with Crippen molar-refractivity contribution in [2.24, 2.45) is 0 Å². The van der Waals surface area contributed by atoms with Crippen LogP contribution >= 0.6 is 23.2 Å². The average Bonchev–Trinajstić information content (AvgIpc) is 2.12. The summed E-state index contributed by atoms with van der Waals surface area (Å²) in [4.78, 5) is 2.73. The number of rotatable bonds is 6. The normalized spacial score (nSPS) is 10.4. The van der Waals surface area contributed by atoms with Crippen LogP contribution in [-0.4, -0.2) is 52.0 Å². The minimum Gasteiger partial charge on any atom is -0.330 e. The summed E-state index contributed by atoms with van der Waals surface area (Å²) in [6, 6.07) is 0. The summed E-state index contributed by atoms with van der Waals surface area (Å²) in [5.74, 6) is 7.65. The molecule has 0 spiro atoms. The molecule has 0 saturated carbocycles. The van der Waals surface area contributed by atoms with Crippen molar-refractivity contribution in [1.29, 1.82) is 0 Å². The fourth-order valence-electron chi connectivity index (χ4n) is 0.996. The third kappa shape index (κ3) is 8.65. The van der Waals surface area contributed by atoms with Crippen LogP contribution in [0.15, 0.2) is 0 Å². The number of nitrogens with one attached hydrogen (secondary N) is 2. The second-order valence-corrected chi connectivity index (χ2v) is 4.30. The highest BCUT2D eigenvalue weighted by atomic mass is 35.5. The maximum atomic E-state index is 5.68. The molecule has 0 atom stereocenters. The van der Waals surface area contributed by atoms with Crippen LogP contribution in [0.4, 0.5) is 0 Å². The first kappa shape index (κ1) is 14.1. The van der Waals surface area contributed by atoms with Crippen molar-refractivity contribution in [1.82, 2.24) is 0 Å². The van der Waals surface area contributed by atoms with Gasteiger partial charge in [0.1, 0.15) is 13.1 Å². The van der Waals surface area contributed by atoms with Gasteiger partial charge < -0.3 is 9.80 Å². The second kappa shape index (κ2) is 9.61. The van der Waals surface area contributed by atoms with Crippen molar-refractivity contribution in [3.63, 3.8) is 0 Å². The maximum Gasteiger partial charge on any atom is 0.139 e. The molecule has 2 nitrogen and oxygen atoms in total. The molecule has 0 amide bonds. The summed E-state index contributed by atoms with van der Waals surface area (Å²) >= 11 is 11.4. The van der Waals surface area contributed by atoms with E-state index in [2.05, 4.69) is 25.9 Å². The molecule has 0 aromatic carbocycles. The number of quaternary nitrogens is 2. The van der Waals surface area contributed by atoms with Gasteiger partial charge in [0, 0.05) is 0 Å². The molecule has 0 fully saturated rings. The smallest absolute Gasteiger partial charge is 0.139 e. The van der Waals surface area contributed by atoms with E-state index in [4.69, 9.17) is 23.2 Å². The van der Waals surface area contributed by atoms with Crippen LogP contribution in [0.3, 0.4) is 0 Å². The Morgan fingerprint density at radius 1 is 0.929 bits per heavy atom. The highest BCUT2D eigenvalue weighted by Crippen LogP contribution is 1.68. The Hall–Kier alpha value is 0.0600. The van der Waals surface area contributed by atoms with Crippen molar-refractivity contribution < 1.29 is 9.80 Å². The van der Waals surface area contributed by atoms with Gasteiger partial charge in [-0.25, -0.2) is 0 Å². The van der Waals surface area contributed by atoms with E-state index in [0.717, 1.165) is 26.2 Å². The minimum atomic E-state index is 0.673. The quantitative estimate of drug-likeness (QED) is 0.412. The van der Waals surface area contributed by atoms with E-state index in [9.17, 15) is 0 Å². The minimum absolute atomic E-state index is 0.673. The van der Waals surface area contributed by atoms with Crippen molar-refractivity contribution in [2.45, 2.75) is 0 Å². The van der Waals surface area contributed by atoms with E-state index < -0.39 is 0 Å². The predicted octanol–water partition coefficient (Wildman–Crippen LogP) is -1.50. The van der Waals surface area contributed by atoms with Crippen molar-refractivity contribution in [2.75, 3.05) is 52.0 Å². The van der Waals surface area contributed by atoms with Gasteiger partial charge in [-0.05, 0) is 11.8 Å². The molecular weight excluding hydrogens is 219 g/mol. The highest BCUT2D eigenvalue weighted by Gasteiger charge is 2.03. The molecule has 14 heavy (non-hydrogen) atoms. The zero-order valence-corrected chi connectivity index (χ0v) is 10.5. The summed E-state index contributed by atoms with van der Waals surface area (Å²) in [6.45, 7) is 3.64. The molecule has 0 aromatic rings. The molecule has 0 heterocycles. The first-order valence-electron chi connectivity index (χ1n) is 4.91. The third-order valence-electron chi connectivity index (χ3n) is 1.80. The lowest BCUT2D eigenvalue weighted by Gasteiger charge is -2.13. The molecule has 0 aliphatic heterocycles. The summed E-state index contributed by atoms with van der Waals surface area (Å²) in [5.41, 5.74) is 0. The van der Waals surface area contributed by atoms with E-state index >= 15 is 0 Å². The van der Waals surface area contributed by atoms with E-state index in [0.29, 0.717) is 11.8 Å². The lowest BCUT2D eigenvalue weighted by atomic mass is 10.4. The topological polar surface area (TPSA) is 8.88 Å². The number of halogens is 2. The molecule has 82 valence electrons. The predicted molar refractivity (Wildman–Crippen MR) is 62.5 cm³/mol. The van der Waals surface area contributed by atoms with Gasteiger partial charge in [-0.15, -0.1) is 23.2 Å². The SMILES string of the molecule is C[NH+](C)CC#CC[NH+](CCCl)CCCl. The fourth-order valence-corrected chi connectivity index (χ4v) is 1.53. The lowest BCUT2D eigenvalue weighted by molar-refractivity contribution is -0.887. The number of hydrogen-bond donors (Lipinski definition) is 2. The summed E-state index contributed by atoms with van der Waals surface area (Å²) in [7, 11) is 4.19. The Balaban J connectivity index is 3.71. The number of hydrogen-bond acceptors (Lipinski definition) is 0. The second-order valence-electron chi connectivity index (χ2n) is 3.54. The van der Waals surface area contributed by atoms with Crippen LogP contribution in [0.25, 0.3) is 0 Å². The van der Waals surface area contributed by atoms with Gasteiger partial charge >= 0.3 is 0 Å². The Labute approximate surface area is 97.1 Å². The van der Waals surface area contributed by atoms with Gasteiger partial charge in [0.15, 0.2) is 0 Å². The van der Waals surface area contributed by atoms with Crippen molar-refractivity contribution >= 4 is 23.2 Å². The zero-order chi connectivity index (χ0) is 10.8. The molecule has 0 aliphatic rings. The Bertz CT molecular complexity index is 178. The fraction of sp³-hybridized carbons (Fsp3) is 0.800. The van der Waals surface area contributed by atoms with Crippen LogP contribution in [0.5, 0.6) is 0 Å². The van der Waals surface area contributed by atoms with Crippen molar-refractivity contribution in [3.05, 3.63) is 0 Å². The molecule has 0 saturated heterocycles. The molecule has 0 unspecified atom stereocenters. The molecule has 0 bridgehead atoms. The molecule has 4 heteroatoms. The van der Waals surface area contributed by atoms with Crippen LogP contribution in [0, 0.1) is 11.8 Å². The lowest BCUT2D eigenvalue weighted by Crippen LogP contribution is -3.12. The molecule has 0 radical (unpaired) electrons. The van der Waals surface area contributed by atoms with Gasteiger partial charge in [0.2, 0.25) is 0 Å². The van der Waals surface area contributed by atoms with Gasteiger partial charge in [-0.1, -0.05) is 0 Å². The maximum absolute atomic E-state index is 5.68. The Morgan fingerprint density at radius 2 is 1.43 bits per heavy atom. The molecule has 0 rings (SSSR count). The molecule has 0 aliphatic carbocycles.